The van der Waals surface area contributed by atoms with Gasteiger partial charge >= 0.3 is 0 Å². The second kappa shape index (κ2) is 6.08. The van der Waals surface area contributed by atoms with E-state index in [9.17, 15) is 8.42 Å². The van der Waals surface area contributed by atoms with Crippen molar-refractivity contribution in [3.63, 3.8) is 0 Å². The Morgan fingerprint density at radius 1 is 1.38 bits per heavy atom. The fourth-order valence-corrected chi connectivity index (χ4v) is 4.16. The SMILES string of the molecule is CCNCc1cc(S(=O)(=O)NC2CCN(C3CC3)C2)c[nH]1. The molecular formula is C14H24N4O2S. The highest BCUT2D eigenvalue weighted by Gasteiger charge is 2.35. The summed E-state index contributed by atoms with van der Waals surface area (Å²) in [7, 11) is -3.41. The lowest BCUT2D eigenvalue weighted by atomic mass is 10.3. The Bertz CT molecular complexity index is 580. The first kappa shape index (κ1) is 15.0. The summed E-state index contributed by atoms with van der Waals surface area (Å²) >= 11 is 0. The minimum atomic E-state index is -3.41. The number of likely N-dealkylation sites (tertiary alicyclic amines) is 1. The van der Waals surface area contributed by atoms with Crippen molar-refractivity contribution in [2.45, 2.75) is 49.7 Å². The van der Waals surface area contributed by atoms with E-state index in [4.69, 9.17) is 0 Å². The second-order valence-corrected chi connectivity index (χ2v) is 7.69. The number of hydrogen-bond acceptors (Lipinski definition) is 4. The smallest absolute Gasteiger partial charge is 0.242 e. The zero-order valence-electron chi connectivity index (χ0n) is 12.4. The van der Waals surface area contributed by atoms with Crippen molar-refractivity contribution in [1.82, 2.24) is 19.9 Å². The van der Waals surface area contributed by atoms with E-state index < -0.39 is 10.0 Å². The molecule has 1 saturated carbocycles. The molecular weight excluding hydrogens is 288 g/mol. The maximum atomic E-state index is 12.4. The van der Waals surface area contributed by atoms with Gasteiger partial charge in [-0.2, -0.15) is 0 Å². The predicted octanol–water partition coefficient (Wildman–Crippen LogP) is 0.639. The molecule has 1 unspecified atom stereocenters. The summed E-state index contributed by atoms with van der Waals surface area (Å²) in [6.45, 7) is 5.40. The molecule has 1 aliphatic carbocycles. The topological polar surface area (TPSA) is 77.2 Å². The minimum Gasteiger partial charge on any atom is -0.363 e. The van der Waals surface area contributed by atoms with Crippen molar-refractivity contribution in [3.05, 3.63) is 18.0 Å². The molecule has 3 N–H and O–H groups in total. The average Bonchev–Trinajstić information content (AvgIpc) is 3.00. The molecule has 0 spiro atoms. The van der Waals surface area contributed by atoms with Gasteiger partial charge in [0.25, 0.3) is 0 Å². The van der Waals surface area contributed by atoms with Crippen LogP contribution in [0.5, 0.6) is 0 Å². The Morgan fingerprint density at radius 2 is 2.19 bits per heavy atom. The molecule has 6 nitrogen and oxygen atoms in total. The van der Waals surface area contributed by atoms with Gasteiger partial charge in [-0.25, -0.2) is 13.1 Å². The Hall–Kier alpha value is -0.890. The first-order valence-electron chi connectivity index (χ1n) is 7.73. The van der Waals surface area contributed by atoms with E-state index in [2.05, 4.69) is 19.9 Å². The zero-order valence-corrected chi connectivity index (χ0v) is 13.2. The Morgan fingerprint density at radius 3 is 2.90 bits per heavy atom. The lowest BCUT2D eigenvalue weighted by molar-refractivity contribution is 0.322. The van der Waals surface area contributed by atoms with Crippen LogP contribution in [0.15, 0.2) is 17.2 Å². The fourth-order valence-electron chi connectivity index (χ4n) is 2.88. The highest BCUT2D eigenvalue weighted by Crippen LogP contribution is 2.30. The van der Waals surface area contributed by atoms with E-state index >= 15 is 0 Å². The molecule has 0 radical (unpaired) electrons. The number of hydrogen-bond donors (Lipinski definition) is 3. The highest BCUT2D eigenvalue weighted by atomic mass is 32.2. The van der Waals surface area contributed by atoms with E-state index in [-0.39, 0.29) is 6.04 Å². The van der Waals surface area contributed by atoms with Crippen LogP contribution in [0.4, 0.5) is 0 Å². The van der Waals surface area contributed by atoms with Gasteiger partial charge < -0.3 is 10.3 Å². The summed E-state index contributed by atoms with van der Waals surface area (Å²) in [4.78, 5) is 5.75. The third-order valence-corrected chi connectivity index (χ3v) is 5.70. The van der Waals surface area contributed by atoms with Gasteiger partial charge in [0.05, 0.1) is 4.90 Å². The largest absolute Gasteiger partial charge is 0.363 e. The molecule has 0 aromatic carbocycles. The van der Waals surface area contributed by atoms with E-state index in [1.54, 1.807) is 12.3 Å². The monoisotopic (exact) mass is 312 g/mol. The Labute approximate surface area is 126 Å². The summed E-state index contributed by atoms with van der Waals surface area (Å²) < 4.78 is 27.6. The minimum absolute atomic E-state index is 0.0442. The lowest BCUT2D eigenvalue weighted by Crippen LogP contribution is -2.37. The number of aromatic amines is 1. The van der Waals surface area contributed by atoms with Gasteiger partial charge in [0.15, 0.2) is 0 Å². The van der Waals surface area contributed by atoms with Crippen LogP contribution in [0.3, 0.4) is 0 Å². The molecule has 0 bridgehead atoms. The number of aromatic nitrogens is 1. The van der Waals surface area contributed by atoms with E-state index in [1.165, 1.54) is 12.8 Å². The fraction of sp³-hybridized carbons (Fsp3) is 0.714. The van der Waals surface area contributed by atoms with Crippen molar-refractivity contribution < 1.29 is 8.42 Å². The van der Waals surface area contributed by atoms with Crippen LogP contribution in [-0.4, -0.2) is 50.0 Å². The number of nitrogens with zero attached hydrogens (tertiary/aromatic N) is 1. The van der Waals surface area contributed by atoms with Crippen LogP contribution in [-0.2, 0) is 16.6 Å². The maximum Gasteiger partial charge on any atom is 0.242 e. The van der Waals surface area contributed by atoms with Gasteiger partial charge in [0, 0.05) is 43.6 Å². The summed E-state index contributed by atoms with van der Waals surface area (Å²) in [6.07, 6.45) is 5.02. The molecule has 2 heterocycles. The molecule has 1 atom stereocenters. The van der Waals surface area contributed by atoms with Crippen LogP contribution < -0.4 is 10.0 Å². The number of sulfonamides is 1. The van der Waals surface area contributed by atoms with E-state index in [0.717, 1.165) is 31.7 Å². The second-order valence-electron chi connectivity index (χ2n) is 5.97. The molecule has 118 valence electrons. The van der Waals surface area contributed by atoms with Crippen molar-refractivity contribution >= 4 is 10.0 Å². The average molecular weight is 312 g/mol. The number of H-pyrrole nitrogens is 1. The van der Waals surface area contributed by atoms with Crippen molar-refractivity contribution in [2.24, 2.45) is 0 Å². The standard InChI is InChI=1S/C14H24N4O2S/c1-2-15-8-12-7-14(9-16-12)21(19,20)17-11-5-6-18(10-11)13-3-4-13/h7,9,11,13,15-17H,2-6,8,10H2,1H3. The molecule has 3 rings (SSSR count). The van der Waals surface area contributed by atoms with Crippen LogP contribution in [0.1, 0.15) is 31.9 Å². The maximum absolute atomic E-state index is 12.4. The molecule has 21 heavy (non-hydrogen) atoms. The van der Waals surface area contributed by atoms with Crippen LogP contribution in [0.25, 0.3) is 0 Å². The quantitative estimate of drug-likeness (QED) is 0.690. The van der Waals surface area contributed by atoms with Crippen molar-refractivity contribution in [2.75, 3.05) is 19.6 Å². The summed E-state index contributed by atoms with van der Waals surface area (Å²) in [6, 6.07) is 2.46. The summed E-state index contributed by atoms with van der Waals surface area (Å²) in [5.74, 6) is 0. The molecule has 1 aromatic rings. The highest BCUT2D eigenvalue weighted by molar-refractivity contribution is 7.89. The molecule has 2 fully saturated rings. The van der Waals surface area contributed by atoms with E-state index in [1.807, 2.05) is 6.92 Å². The van der Waals surface area contributed by atoms with Crippen LogP contribution in [0, 0.1) is 0 Å². The van der Waals surface area contributed by atoms with Gasteiger partial charge in [-0.1, -0.05) is 6.92 Å². The third-order valence-electron chi connectivity index (χ3n) is 4.20. The van der Waals surface area contributed by atoms with Crippen molar-refractivity contribution in [3.8, 4) is 0 Å². The molecule has 0 amide bonds. The first-order valence-corrected chi connectivity index (χ1v) is 9.21. The molecule has 7 heteroatoms. The first-order chi connectivity index (χ1) is 10.1. The van der Waals surface area contributed by atoms with Crippen molar-refractivity contribution in [1.29, 1.82) is 0 Å². The van der Waals surface area contributed by atoms with Crippen LogP contribution in [0.2, 0.25) is 0 Å². The van der Waals surface area contributed by atoms with Gasteiger partial charge in [0.1, 0.15) is 0 Å². The third kappa shape index (κ3) is 3.66. The van der Waals surface area contributed by atoms with Gasteiger partial charge in [-0.05, 0) is 31.9 Å². The Kier molecular flexibility index (Phi) is 4.35. The molecule has 1 aromatic heterocycles. The van der Waals surface area contributed by atoms with Gasteiger partial charge in [-0.3, -0.25) is 4.90 Å². The van der Waals surface area contributed by atoms with Gasteiger partial charge in [-0.15, -0.1) is 0 Å². The lowest BCUT2D eigenvalue weighted by Gasteiger charge is -2.15. The number of rotatable bonds is 7. The predicted molar refractivity (Wildman–Crippen MR) is 81.5 cm³/mol. The zero-order chi connectivity index (χ0) is 14.9. The molecule has 2 aliphatic rings. The van der Waals surface area contributed by atoms with Gasteiger partial charge in [0.2, 0.25) is 10.0 Å². The summed E-state index contributed by atoms with van der Waals surface area (Å²) in [5, 5.41) is 3.17. The number of nitrogens with one attached hydrogen (secondary N) is 3. The van der Waals surface area contributed by atoms with E-state index in [0.29, 0.717) is 17.5 Å². The normalized spacial score (nSPS) is 23.8. The molecule has 1 saturated heterocycles. The molecule has 1 aliphatic heterocycles. The summed E-state index contributed by atoms with van der Waals surface area (Å²) in [5.41, 5.74) is 0.892. The van der Waals surface area contributed by atoms with Crippen LogP contribution >= 0.6 is 0 Å². The Balaban J connectivity index is 1.59.